The van der Waals surface area contributed by atoms with Crippen LogP contribution < -0.4 is 15.5 Å². The Morgan fingerprint density at radius 3 is 2.19 bits per heavy atom. The third kappa shape index (κ3) is 3.90. The van der Waals surface area contributed by atoms with Gasteiger partial charge in [0.05, 0.1) is 23.1 Å². The van der Waals surface area contributed by atoms with Crippen LogP contribution in [0.15, 0.2) is 71.3 Å². The molecular weight excluding hydrogens is 410 g/mol. The van der Waals surface area contributed by atoms with Crippen LogP contribution in [-0.2, 0) is 4.79 Å². The van der Waals surface area contributed by atoms with Gasteiger partial charge in [-0.05, 0) is 48.4 Å². The number of fused-ring (bicyclic) bond motifs is 1. The van der Waals surface area contributed by atoms with E-state index in [9.17, 15) is 19.2 Å². The van der Waals surface area contributed by atoms with Gasteiger partial charge in [-0.25, -0.2) is 4.90 Å². The second-order valence-electron chi connectivity index (χ2n) is 7.70. The summed E-state index contributed by atoms with van der Waals surface area (Å²) in [6.45, 7) is 3.61. The Bertz CT molecular complexity index is 1160. The van der Waals surface area contributed by atoms with E-state index in [0.29, 0.717) is 22.5 Å². The fraction of sp³-hybridized carbons (Fsp3) is 0.167. The minimum absolute atomic E-state index is 0.107. The predicted octanol–water partition coefficient (Wildman–Crippen LogP) is 3.47. The largest absolute Gasteiger partial charge is 0.459 e. The van der Waals surface area contributed by atoms with Crippen LogP contribution in [0.2, 0.25) is 0 Å². The summed E-state index contributed by atoms with van der Waals surface area (Å²) >= 11 is 0. The topological polar surface area (TPSA) is 109 Å². The molecule has 3 aromatic rings. The lowest BCUT2D eigenvalue weighted by Gasteiger charge is -2.22. The van der Waals surface area contributed by atoms with Crippen LogP contribution in [0.3, 0.4) is 0 Å². The molecule has 4 rings (SSSR count). The van der Waals surface area contributed by atoms with Gasteiger partial charge in [-0.2, -0.15) is 0 Å². The van der Waals surface area contributed by atoms with Crippen molar-refractivity contribution in [2.45, 2.75) is 19.9 Å². The Hall–Kier alpha value is -4.20. The van der Waals surface area contributed by atoms with Gasteiger partial charge >= 0.3 is 0 Å². The number of benzene rings is 2. The number of imide groups is 1. The molecule has 2 aromatic carbocycles. The lowest BCUT2D eigenvalue weighted by molar-refractivity contribution is -0.118. The molecule has 0 spiro atoms. The lowest BCUT2D eigenvalue weighted by Crippen LogP contribution is -2.47. The summed E-state index contributed by atoms with van der Waals surface area (Å²) in [7, 11) is 0. The number of carbonyl (C=O) groups excluding carboxylic acids is 4. The molecule has 8 heteroatoms. The summed E-state index contributed by atoms with van der Waals surface area (Å²) in [6, 6.07) is 15.3. The van der Waals surface area contributed by atoms with Crippen LogP contribution >= 0.6 is 0 Å². The fourth-order valence-electron chi connectivity index (χ4n) is 3.52. The summed E-state index contributed by atoms with van der Waals surface area (Å²) in [6.07, 6.45) is 1.38. The Morgan fingerprint density at radius 1 is 0.906 bits per heavy atom. The smallest absolute Gasteiger partial charge is 0.287 e. The molecule has 32 heavy (non-hydrogen) atoms. The van der Waals surface area contributed by atoms with Gasteiger partial charge in [0.1, 0.15) is 6.04 Å². The van der Waals surface area contributed by atoms with Crippen molar-refractivity contribution in [1.82, 2.24) is 5.32 Å². The van der Waals surface area contributed by atoms with Gasteiger partial charge in [-0.1, -0.05) is 32.0 Å². The van der Waals surface area contributed by atoms with E-state index in [1.54, 1.807) is 54.6 Å². The van der Waals surface area contributed by atoms with Crippen molar-refractivity contribution in [3.63, 3.8) is 0 Å². The van der Waals surface area contributed by atoms with Crippen LogP contribution in [-0.4, -0.2) is 29.7 Å². The SMILES string of the molecule is CC(C)C(NC(=O)c1ccco1)C(=O)Nc1cccc(N2C(=O)c3ccccc3C2=O)c1. The third-order valence-corrected chi connectivity index (χ3v) is 5.15. The predicted molar refractivity (Wildman–Crippen MR) is 117 cm³/mol. The average Bonchev–Trinajstić information content (AvgIpc) is 3.40. The number of rotatable bonds is 6. The summed E-state index contributed by atoms with van der Waals surface area (Å²) in [5.41, 5.74) is 1.41. The number of hydrogen-bond acceptors (Lipinski definition) is 5. The van der Waals surface area contributed by atoms with Crippen molar-refractivity contribution in [3.05, 3.63) is 83.8 Å². The highest BCUT2D eigenvalue weighted by Crippen LogP contribution is 2.29. The molecule has 2 heterocycles. The average molecular weight is 431 g/mol. The van der Waals surface area contributed by atoms with Crippen LogP contribution in [0.5, 0.6) is 0 Å². The molecule has 2 N–H and O–H groups in total. The molecular formula is C24H21N3O5. The number of amides is 4. The number of furan rings is 1. The van der Waals surface area contributed by atoms with E-state index in [1.807, 2.05) is 13.8 Å². The monoisotopic (exact) mass is 431 g/mol. The molecule has 0 bridgehead atoms. The first-order chi connectivity index (χ1) is 15.4. The maximum Gasteiger partial charge on any atom is 0.287 e. The van der Waals surface area contributed by atoms with E-state index in [-0.39, 0.29) is 11.7 Å². The van der Waals surface area contributed by atoms with Gasteiger partial charge in [-0.3, -0.25) is 19.2 Å². The highest BCUT2D eigenvalue weighted by Gasteiger charge is 2.36. The van der Waals surface area contributed by atoms with E-state index in [0.717, 1.165) is 4.90 Å². The zero-order chi connectivity index (χ0) is 22.8. The van der Waals surface area contributed by atoms with Crippen LogP contribution in [0.4, 0.5) is 11.4 Å². The molecule has 1 aliphatic heterocycles. The first-order valence-electron chi connectivity index (χ1n) is 10.1. The molecule has 162 valence electrons. The quantitative estimate of drug-likeness (QED) is 0.581. The minimum atomic E-state index is -0.824. The van der Waals surface area contributed by atoms with Gasteiger partial charge in [0.15, 0.2) is 5.76 Å². The third-order valence-electron chi connectivity index (χ3n) is 5.15. The van der Waals surface area contributed by atoms with Crippen molar-refractivity contribution in [1.29, 1.82) is 0 Å². The Kier molecular flexibility index (Phi) is 5.59. The van der Waals surface area contributed by atoms with Crippen LogP contribution in [0, 0.1) is 5.92 Å². The highest BCUT2D eigenvalue weighted by molar-refractivity contribution is 6.34. The van der Waals surface area contributed by atoms with Crippen molar-refractivity contribution in [2.24, 2.45) is 5.92 Å². The van der Waals surface area contributed by atoms with E-state index < -0.39 is 29.7 Å². The van der Waals surface area contributed by atoms with Crippen molar-refractivity contribution in [3.8, 4) is 0 Å². The molecule has 1 unspecified atom stereocenters. The van der Waals surface area contributed by atoms with E-state index in [1.165, 1.54) is 12.3 Å². The second kappa shape index (κ2) is 8.50. The van der Waals surface area contributed by atoms with Crippen molar-refractivity contribution in [2.75, 3.05) is 10.2 Å². The molecule has 0 aliphatic carbocycles. The van der Waals surface area contributed by atoms with Gasteiger partial charge in [0.25, 0.3) is 17.7 Å². The van der Waals surface area contributed by atoms with Crippen LogP contribution in [0.1, 0.15) is 45.1 Å². The molecule has 8 nitrogen and oxygen atoms in total. The number of carbonyl (C=O) groups is 4. The lowest BCUT2D eigenvalue weighted by atomic mass is 10.0. The number of nitrogens with one attached hydrogen (secondary N) is 2. The van der Waals surface area contributed by atoms with Gasteiger partial charge < -0.3 is 15.1 Å². The zero-order valence-corrected chi connectivity index (χ0v) is 17.5. The van der Waals surface area contributed by atoms with Gasteiger partial charge in [-0.15, -0.1) is 0 Å². The fourth-order valence-corrected chi connectivity index (χ4v) is 3.52. The van der Waals surface area contributed by atoms with E-state index in [2.05, 4.69) is 10.6 Å². The van der Waals surface area contributed by atoms with Crippen LogP contribution in [0.25, 0.3) is 0 Å². The Balaban J connectivity index is 1.52. The molecule has 1 aromatic heterocycles. The summed E-state index contributed by atoms with van der Waals surface area (Å²) in [5, 5.41) is 5.43. The first kappa shape index (κ1) is 21.0. The van der Waals surface area contributed by atoms with E-state index >= 15 is 0 Å². The molecule has 0 radical (unpaired) electrons. The number of anilines is 2. The summed E-state index contributed by atoms with van der Waals surface area (Å²) < 4.78 is 5.08. The highest BCUT2D eigenvalue weighted by atomic mass is 16.3. The summed E-state index contributed by atoms with van der Waals surface area (Å²) in [5.74, 6) is -1.85. The van der Waals surface area contributed by atoms with Crippen molar-refractivity contribution >= 4 is 35.0 Å². The molecule has 1 aliphatic rings. The Morgan fingerprint density at radius 2 is 1.59 bits per heavy atom. The zero-order valence-electron chi connectivity index (χ0n) is 17.5. The molecule has 0 fully saturated rings. The normalized spacial score (nSPS) is 13.8. The summed E-state index contributed by atoms with van der Waals surface area (Å²) in [4.78, 5) is 51.8. The first-order valence-corrected chi connectivity index (χ1v) is 10.1. The number of hydrogen-bond donors (Lipinski definition) is 2. The standard InChI is InChI=1S/C24H21N3O5/c1-14(2)20(26-21(28)19-11-6-12-32-19)22(29)25-15-7-5-8-16(13-15)27-23(30)17-9-3-4-10-18(17)24(27)31/h3-14,20H,1-2H3,(H,25,29)(H,26,28). The van der Waals surface area contributed by atoms with Gasteiger partial charge in [0.2, 0.25) is 5.91 Å². The molecule has 4 amide bonds. The molecule has 0 saturated carbocycles. The number of nitrogens with zero attached hydrogens (tertiary/aromatic N) is 1. The minimum Gasteiger partial charge on any atom is -0.459 e. The molecule has 1 atom stereocenters. The maximum atomic E-state index is 12.9. The van der Waals surface area contributed by atoms with E-state index in [4.69, 9.17) is 4.42 Å². The molecule has 0 saturated heterocycles. The van der Waals surface area contributed by atoms with Crippen molar-refractivity contribution < 1.29 is 23.6 Å². The maximum absolute atomic E-state index is 12.9. The second-order valence-corrected chi connectivity index (χ2v) is 7.70. The Labute approximate surface area is 184 Å². The van der Waals surface area contributed by atoms with Gasteiger partial charge in [0, 0.05) is 5.69 Å².